The van der Waals surface area contributed by atoms with E-state index in [1.54, 1.807) is 31.4 Å². The van der Waals surface area contributed by atoms with Crippen LogP contribution in [0.3, 0.4) is 0 Å². The van der Waals surface area contributed by atoms with Gasteiger partial charge in [-0.15, -0.1) is 0 Å². The number of hydrogen-bond donors (Lipinski definition) is 2. The first-order valence-corrected chi connectivity index (χ1v) is 8.87. The molecular weight excluding hydrogens is 334 g/mol. The topological polar surface area (TPSA) is 87.7 Å². The zero-order valence-corrected chi connectivity index (χ0v) is 16.0. The number of carbonyl (C=O) groups is 3. The summed E-state index contributed by atoms with van der Waals surface area (Å²) in [6.07, 6.45) is 2.16. The number of benzene rings is 1. The molecular formula is C19H29N3O4. The van der Waals surface area contributed by atoms with E-state index in [2.05, 4.69) is 10.6 Å². The third kappa shape index (κ3) is 7.55. The SMILES string of the molecule is CCCCC(=O)N(CC(=O)NCC(=O)Nc1ccc(OC)cc1)C(C)C. The number of carbonyl (C=O) groups excluding carboxylic acids is 3. The quantitative estimate of drug-likeness (QED) is 0.667. The Bertz CT molecular complexity index is 599. The van der Waals surface area contributed by atoms with Crippen molar-refractivity contribution >= 4 is 23.4 Å². The lowest BCUT2D eigenvalue weighted by Gasteiger charge is -2.26. The molecule has 7 nitrogen and oxygen atoms in total. The largest absolute Gasteiger partial charge is 0.497 e. The number of ether oxygens (including phenoxy) is 1. The van der Waals surface area contributed by atoms with Gasteiger partial charge in [-0.2, -0.15) is 0 Å². The van der Waals surface area contributed by atoms with E-state index in [-0.39, 0.29) is 36.9 Å². The predicted molar refractivity (Wildman–Crippen MR) is 101 cm³/mol. The summed E-state index contributed by atoms with van der Waals surface area (Å²) in [5.41, 5.74) is 0.614. The molecule has 0 fully saturated rings. The molecule has 1 aromatic rings. The van der Waals surface area contributed by atoms with Crippen LogP contribution in [0.4, 0.5) is 5.69 Å². The van der Waals surface area contributed by atoms with Crippen LogP contribution >= 0.6 is 0 Å². The van der Waals surface area contributed by atoms with Gasteiger partial charge in [0.15, 0.2) is 0 Å². The Kier molecular flexibility index (Phi) is 9.19. The van der Waals surface area contributed by atoms with Crippen molar-refractivity contribution < 1.29 is 19.1 Å². The molecule has 0 radical (unpaired) electrons. The van der Waals surface area contributed by atoms with Gasteiger partial charge in [-0.25, -0.2) is 0 Å². The lowest BCUT2D eigenvalue weighted by atomic mass is 10.2. The maximum absolute atomic E-state index is 12.2. The van der Waals surface area contributed by atoms with Gasteiger partial charge in [0.2, 0.25) is 17.7 Å². The van der Waals surface area contributed by atoms with Gasteiger partial charge in [-0.1, -0.05) is 13.3 Å². The fraction of sp³-hybridized carbons (Fsp3) is 0.526. The van der Waals surface area contributed by atoms with E-state index in [0.29, 0.717) is 17.9 Å². The van der Waals surface area contributed by atoms with E-state index >= 15 is 0 Å². The molecule has 0 saturated carbocycles. The van der Waals surface area contributed by atoms with Crippen molar-refractivity contribution in [3.05, 3.63) is 24.3 Å². The van der Waals surface area contributed by atoms with Crippen molar-refractivity contribution in [2.75, 3.05) is 25.5 Å². The molecule has 0 heterocycles. The maximum atomic E-state index is 12.2. The predicted octanol–water partition coefficient (Wildman–Crippen LogP) is 2.18. The highest BCUT2D eigenvalue weighted by molar-refractivity contribution is 5.95. The number of hydrogen-bond acceptors (Lipinski definition) is 4. The molecule has 26 heavy (non-hydrogen) atoms. The van der Waals surface area contributed by atoms with Crippen molar-refractivity contribution in [1.29, 1.82) is 0 Å². The normalized spacial score (nSPS) is 10.3. The van der Waals surface area contributed by atoms with Crippen LogP contribution in [0.15, 0.2) is 24.3 Å². The van der Waals surface area contributed by atoms with Crippen molar-refractivity contribution in [1.82, 2.24) is 10.2 Å². The fourth-order valence-electron chi connectivity index (χ4n) is 2.30. The molecule has 1 rings (SSSR count). The van der Waals surface area contributed by atoms with Gasteiger partial charge in [-0.05, 0) is 44.5 Å². The Labute approximate surface area is 155 Å². The summed E-state index contributed by atoms with van der Waals surface area (Å²) < 4.78 is 5.05. The number of nitrogens with zero attached hydrogens (tertiary/aromatic N) is 1. The molecule has 0 aliphatic rings. The lowest BCUT2D eigenvalue weighted by molar-refractivity contribution is -0.138. The molecule has 2 N–H and O–H groups in total. The minimum atomic E-state index is -0.353. The fourth-order valence-corrected chi connectivity index (χ4v) is 2.30. The molecule has 1 aromatic carbocycles. The molecule has 3 amide bonds. The van der Waals surface area contributed by atoms with Gasteiger partial charge >= 0.3 is 0 Å². The van der Waals surface area contributed by atoms with E-state index in [1.807, 2.05) is 20.8 Å². The number of anilines is 1. The minimum absolute atomic E-state index is 0.0420. The summed E-state index contributed by atoms with van der Waals surface area (Å²) in [6, 6.07) is 6.82. The Morgan fingerprint density at radius 3 is 2.31 bits per heavy atom. The number of methoxy groups -OCH3 is 1. The number of amides is 3. The molecule has 144 valence electrons. The van der Waals surface area contributed by atoms with Crippen LogP contribution in [0.5, 0.6) is 5.75 Å². The molecule has 0 bridgehead atoms. The van der Waals surface area contributed by atoms with Gasteiger partial charge in [-0.3, -0.25) is 14.4 Å². The molecule has 0 aliphatic heterocycles. The van der Waals surface area contributed by atoms with E-state index in [4.69, 9.17) is 4.74 Å². The summed E-state index contributed by atoms with van der Waals surface area (Å²) in [7, 11) is 1.57. The molecule has 0 saturated heterocycles. The minimum Gasteiger partial charge on any atom is -0.497 e. The monoisotopic (exact) mass is 363 g/mol. The summed E-state index contributed by atoms with van der Waals surface area (Å²) >= 11 is 0. The first-order valence-electron chi connectivity index (χ1n) is 8.87. The summed E-state index contributed by atoms with van der Waals surface area (Å²) in [5.74, 6) is -0.0390. The molecule has 0 aromatic heterocycles. The Hall–Kier alpha value is -2.57. The second kappa shape index (κ2) is 11.1. The highest BCUT2D eigenvalue weighted by Gasteiger charge is 2.19. The van der Waals surface area contributed by atoms with Crippen LogP contribution in [0.1, 0.15) is 40.0 Å². The van der Waals surface area contributed by atoms with Crippen molar-refractivity contribution in [3.63, 3.8) is 0 Å². The summed E-state index contributed by atoms with van der Waals surface area (Å²) in [5, 5.41) is 5.24. The summed E-state index contributed by atoms with van der Waals surface area (Å²) in [4.78, 5) is 37.7. The van der Waals surface area contributed by atoms with E-state index in [0.717, 1.165) is 12.8 Å². The average Bonchev–Trinajstić information content (AvgIpc) is 2.62. The van der Waals surface area contributed by atoms with Crippen LogP contribution in [0, 0.1) is 0 Å². The van der Waals surface area contributed by atoms with Crippen LogP contribution in [0.2, 0.25) is 0 Å². The van der Waals surface area contributed by atoms with Gasteiger partial charge in [0, 0.05) is 18.2 Å². The van der Waals surface area contributed by atoms with Gasteiger partial charge < -0.3 is 20.3 Å². The molecule has 7 heteroatoms. The van der Waals surface area contributed by atoms with Crippen molar-refractivity contribution in [2.24, 2.45) is 0 Å². The maximum Gasteiger partial charge on any atom is 0.243 e. The van der Waals surface area contributed by atoms with Gasteiger partial charge in [0.25, 0.3) is 0 Å². The smallest absolute Gasteiger partial charge is 0.243 e. The number of rotatable bonds is 10. The lowest BCUT2D eigenvalue weighted by Crippen LogP contribution is -2.45. The molecule has 0 unspecified atom stereocenters. The van der Waals surface area contributed by atoms with Crippen molar-refractivity contribution in [2.45, 2.75) is 46.1 Å². The van der Waals surface area contributed by atoms with Crippen LogP contribution in [-0.4, -0.2) is 48.9 Å². The zero-order valence-electron chi connectivity index (χ0n) is 16.0. The third-order valence-electron chi connectivity index (χ3n) is 3.82. The Balaban J connectivity index is 2.45. The Morgan fingerprint density at radius 2 is 1.77 bits per heavy atom. The van der Waals surface area contributed by atoms with Crippen molar-refractivity contribution in [3.8, 4) is 5.75 Å². The molecule has 0 spiro atoms. The van der Waals surface area contributed by atoms with E-state index in [9.17, 15) is 14.4 Å². The first-order chi connectivity index (χ1) is 12.4. The highest BCUT2D eigenvalue weighted by atomic mass is 16.5. The van der Waals surface area contributed by atoms with Gasteiger partial charge in [0.1, 0.15) is 5.75 Å². The molecule has 0 atom stereocenters. The number of unbranched alkanes of at least 4 members (excludes halogenated alkanes) is 1. The second-order valence-electron chi connectivity index (χ2n) is 6.27. The number of nitrogens with one attached hydrogen (secondary N) is 2. The van der Waals surface area contributed by atoms with Crippen LogP contribution in [0.25, 0.3) is 0 Å². The molecule has 0 aliphatic carbocycles. The van der Waals surface area contributed by atoms with E-state index < -0.39 is 0 Å². The second-order valence-corrected chi connectivity index (χ2v) is 6.27. The standard InChI is InChI=1S/C19H29N3O4/c1-5-6-7-19(25)22(14(2)3)13-18(24)20-12-17(23)21-15-8-10-16(26-4)11-9-15/h8-11,14H,5-7,12-13H2,1-4H3,(H,20,24)(H,21,23). The van der Waals surface area contributed by atoms with Crippen LogP contribution in [-0.2, 0) is 14.4 Å². The summed E-state index contributed by atoms with van der Waals surface area (Å²) in [6.45, 7) is 5.55. The van der Waals surface area contributed by atoms with Crippen LogP contribution < -0.4 is 15.4 Å². The highest BCUT2D eigenvalue weighted by Crippen LogP contribution is 2.14. The van der Waals surface area contributed by atoms with Gasteiger partial charge in [0.05, 0.1) is 20.2 Å². The third-order valence-corrected chi connectivity index (χ3v) is 3.82. The zero-order chi connectivity index (χ0) is 19.5. The first kappa shape index (κ1) is 21.5. The Morgan fingerprint density at radius 1 is 1.12 bits per heavy atom. The van der Waals surface area contributed by atoms with E-state index in [1.165, 1.54) is 4.90 Å². The average molecular weight is 363 g/mol.